The standard InChI is InChI=1S/C14H21N3O2S/c1-20(18,19)16-9-6-12(7-10-16)17-11-8-15-13-4-2-3-5-14(13)17/h2-5,12,15H,6-11H2,1H3. The lowest BCUT2D eigenvalue weighted by molar-refractivity contribution is 0.312. The van der Waals surface area contributed by atoms with Gasteiger partial charge in [0, 0.05) is 32.2 Å². The molecule has 20 heavy (non-hydrogen) atoms. The van der Waals surface area contributed by atoms with Gasteiger partial charge in [0.2, 0.25) is 10.0 Å². The van der Waals surface area contributed by atoms with Gasteiger partial charge in [0.25, 0.3) is 0 Å². The van der Waals surface area contributed by atoms with Crippen molar-refractivity contribution in [1.82, 2.24) is 4.31 Å². The van der Waals surface area contributed by atoms with Crippen LogP contribution in [0.4, 0.5) is 11.4 Å². The Hall–Kier alpha value is -1.27. The lowest BCUT2D eigenvalue weighted by atomic mass is 10.0. The monoisotopic (exact) mass is 295 g/mol. The second kappa shape index (κ2) is 5.26. The summed E-state index contributed by atoms with van der Waals surface area (Å²) in [4.78, 5) is 2.44. The molecule has 0 atom stereocenters. The van der Waals surface area contributed by atoms with E-state index in [4.69, 9.17) is 0 Å². The highest BCUT2D eigenvalue weighted by molar-refractivity contribution is 7.88. The van der Waals surface area contributed by atoms with Crippen molar-refractivity contribution in [3.05, 3.63) is 24.3 Å². The average molecular weight is 295 g/mol. The first-order valence-electron chi connectivity index (χ1n) is 7.10. The summed E-state index contributed by atoms with van der Waals surface area (Å²) in [5, 5.41) is 3.42. The Bertz CT molecular complexity index is 580. The summed E-state index contributed by atoms with van der Waals surface area (Å²) in [7, 11) is -3.04. The highest BCUT2D eigenvalue weighted by Gasteiger charge is 2.30. The predicted octanol–water partition coefficient (Wildman–Crippen LogP) is 1.34. The molecule has 1 saturated heterocycles. The highest BCUT2D eigenvalue weighted by atomic mass is 32.2. The molecule has 5 nitrogen and oxygen atoms in total. The minimum absolute atomic E-state index is 0.441. The third-order valence-corrected chi connectivity index (χ3v) is 5.52. The van der Waals surface area contributed by atoms with Crippen LogP contribution in [0.3, 0.4) is 0 Å². The molecule has 0 aliphatic carbocycles. The summed E-state index contributed by atoms with van der Waals surface area (Å²) in [6.45, 7) is 3.20. The number of sulfonamides is 1. The molecule has 0 bridgehead atoms. The lowest BCUT2D eigenvalue weighted by Gasteiger charge is -2.42. The van der Waals surface area contributed by atoms with Crippen molar-refractivity contribution in [2.75, 3.05) is 42.7 Å². The van der Waals surface area contributed by atoms with Crippen LogP contribution >= 0.6 is 0 Å². The van der Waals surface area contributed by atoms with Gasteiger partial charge in [-0.25, -0.2) is 12.7 Å². The molecule has 0 unspecified atom stereocenters. The molecular weight excluding hydrogens is 274 g/mol. The molecule has 0 amide bonds. The summed E-state index contributed by atoms with van der Waals surface area (Å²) < 4.78 is 24.7. The van der Waals surface area contributed by atoms with Gasteiger partial charge in [-0.2, -0.15) is 0 Å². The Balaban J connectivity index is 1.74. The topological polar surface area (TPSA) is 52.7 Å². The van der Waals surface area contributed by atoms with E-state index in [1.54, 1.807) is 4.31 Å². The lowest BCUT2D eigenvalue weighted by Crippen LogP contribution is -2.49. The smallest absolute Gasteiger partial charge is 0.211 e. The molecule has 0 spiro atoms. The largest absolute Gasteiger partial charge is 0.382 e. The van der Waals surface area contributed by atoms with Gasteiger partial charge in [-0.15, -0.1) is 0 Å². The number of hydrogen-bond acceptors (Lipinski definition) is 4. The average Bonchev–Trinajstić information content (AvgIpc) is 2.46. The van der Waals surface area contributed by atoms with Crippen LogP contribution in [0.5, 0.6) is 0 Å². The number of para-hydroxylation sites is 2. The molecular formula is C14H21N3O2S. The number of fused-ring (bicyclic) bond motifs is 1. The third-order valence-electron chi connectivity index (χ3n) is 4.21. The number of piperidine rings is 1. The summed E-state index contributed by atoms with van der Waals surface area (Å²) in [5.41, 5.74) is 2.43. The Morgan fingerprint density at radius 3 is 2.55 bits per heavy atom. The molecule has 1 fully saturated rings. The maximum absolute atomic E-state index is 11.6. The summed E-state index contributed by atoms with van der Waals surface area (Å²) in [5.74, 6) is 0. The number of anilines is 2. The van der Waals surface area contributed by atoms with Gasteiger partial charge in [0.1, 0.15) is 0 Å². The zero-order valence-electron chi connectivity index (χ0n) is 11.7. The van der Waals surface area contributed by atoms with Gasteiger partial charge in [0.15, 0.2) is 0 Å². The van der Waals surface area contributed by atoms with E-state index >= 15 is 0 Å². The second-order valence-corrected chi connectivity index (χ2v) is 7.51. The Morgan fingerprint density at radius 2 is 1.85 bits per heavy atom. The van der Waals surface area contributed by atoms with Crippen molar-refractivity contribution in [2.24, 2.45) is 0 Å². The van der Waals surface area contributed by atoms with Gasteiger partial charge in [-0.1, -0.05) is 12.1 Å². The molecule has 6 heteroatoms. The van der Waals surface area contributed by atoms with Crippen molar-refractivity contribution in [1.29, 1.82) is 0 Å². The van der Waals surface area contributed by atoms with Crippen LogP contribution in [0.15, 0.2) is 24.3 Å². The second-order valence-electron chi connectivity index (χ2n) is 5.53. The molecule has 0 saturated carbocycles. The number of benzene rings is 1. The molecule has 3 rings (SSSR count). The van der Waals surface area contributed by atoms with Gasteiger partial charge < -0.3 is 10.2 Å². The van der Waals surface area contributed by atoms with Crippen molar-refractivity contribution in [2.45, 2.75) is 18.9 Å². The first-order chi connectivity index (χ1) is 9.55. The minimum atomic E-state index is -3.04. The summed E-state index contributed by atoms with van der Waals surface area (Å²) in [6, 6.07) is 8.79. The van der Waals surface area contributed by atoms with E-state index in [0.29, 0.717) is 19.1 Å². The van der Waals surface area contributed by atoms with Crippen molar-refractivity contribution in [3.8, 4) is 0 Å². The number of rotatable bonds is 2. The van der Waals surface area contributed by atoms with E-state index in [1.165, 1.54) is 17.6 Å². The fourth-order valence-corrected chi connectivity index (χ4v) is 4.04. The van der Waals surface area contributed by atoms with Crippen LogP contribution in [0.25, 0.3) is 0 Å². The Labute approximate surface area is 120 Å². The first-order valence-corrected chi connectivity index (χ1v) is 8.95. The summed E-state index contributed by atoms with van der Waals surface area (Å²) in [6.07, 6.45) is 3.11. The molecule has 1 aromatic carbocycles. The molecule has 0 aromatic heterocycles. The van der Waals surface area contributed by atoms with Gasteiger partial charge in [-0.3, -0.25) is 0 Å². The zero-order chi connectivity index (χ0) is 14.2. The van der Waals surface area contributed by atoms with Crippen LogP contribution in [-0.4, -0.2) is 51.2 Å². The predicted molar refractivity (Wildman–Crippen MR) is 81.7 cm³/mol. The molecule has 110 valence electrons. The Kier molecular flexibility index (Phi) is 3.60. The maximum Gasteiger partial charge on any atom is 0.211 e. The first kappa shape index (κ1) is 13.7. The van der Waals surface area contributed by atoms with E-state index in [0.717, 1.165) is 25.9 Å². The minimum Gasteiger partial charge on any atom is -0.382 e. The normalized spacial score (nSPS) is 21.4. The molecule has 2 aliphatic heterocycles. The van der Waals surface area contributed by atoms with E-state index in [2.05, 4.69) is 28.4 Å². The third kappa shape index (κ3) is 2.62. The molecule has 0 radical (unpaired) electrons. The van der Waals surface area contributed by atoms with Gasteiger partial charge in [-0.05, 0) is 25.0 Å². The van der Waals surface area contributed by atoms with E-state index < -0.39 is 10.0 Å². The SMILES string of the molecule is CS(=O)(=O)N1CCC(N2CCNc3ccccc32)CC1. The highest BCUT2D eigenvalue weighted by Crippen LogP contribution is 2.32. The van der Waals surface area contributed by atoms with Crippen LogP contribution in [0, 0.1) is 0 Å². The van der Waals surface area contributed by atoms with E-state index in [1.807, 2.05) is 6.07 Å². The van der Waals surface area contributed by atoms with Crippen LogP contribution in [0.2, 0.25) is 0 Å². The fourth-order valence-electron chi connectivity index (χ4n) is 3.17. The number of nitrogens with one attached hydrogen (secondary N) is 1. The zero-order valence-corrected chi connectivity index (χ0v) is 12.6. The van der Waals surface area contributed by atoms with Crippen molar-refractivity contribution in [3.63, 3.8) is 0 Å². The van der Waals surface area contributed by atoms with Crippen molar-refractivity contribution < 1.29 is 8.42 Å². The fraction of sp³-hybridized carbons (Fsp3) is 0.571. The van der Waals surface area contributed by atoms with Crippen molar-refractivity contribution >= 4 is 21.4 Å². The van der Waals surface area contributed by atoms with E-state index in [-0.39, 0.29) is 0 Å². The van der Waals surface area contributed by atoms with Crippen LogP contribution in [0.1, 0.15) is 12.8 Å². The molecule has 2 aliphatic rings. The number of nitrogens with zero attached hydrogens (tertiary/aromatic N) is 2. The van der Waals surface area contributed by atoms with Gasteiger partial charge >= 0.3 is 0 Å². The van der Waals surface area contributed by atoms with Gasteiger partial charge in [0.05, 0.1) is 17.6 Å². The van der Waals surface area contributed by atoms with E-state index in [9.17, 15) is 8.42 Å². The number of hydrogen-bond donors (Lipinski definition) is 1. The molecule has 2 heterocycles. The maximum atomic E-state index is 11.6. The molecule has 1 aromatic rings. The summed E-state index contributed by atoms with van der Waals surface area (Å²) >= 11 is 0. The quantitative estimate of drug-likeness (QED) is 0.894. The van der Waals surface area contributed by atoms with Crippen LogP contribution in [-0.2, 0) is 10.0 Å². The Morgan fingerprint density at radius 1 is 1.15 bits per heavy atom. The molecule has 1 N–H and O–H groups in total. The van der Waals surface area contributed by atoms with Crippen LogP contribution < -0.4 is 10.2 Å².